The van der Waals surface area contributed by atoms with Gasteiger partial charge in [0.15, 0.2) is 11.5 Å². The van der Waals surface area contributed by atoms with Crippen LogP contribution in [0.2, 0.25) is 10.0 Å². The second kappa shape index (κ2) is 6.76. The molecule has 0 bridgehead atoms. The van der Waals surface area contributed by atoms with Crippen LogP contribution in [0.25, 0.3) is 0 Å². The van der Waals surface area contributed by atoms with Gasteiger partial charge in [-0.1, -0.05) is 23.2 Å². The maximum absolute atomic E-state index is 12.2. The molecule has 0 saturated carbocycles. The number of benzene rings is 2. The van der Waals surface area contributed by atoms with E-state index in [-0.39, 0.29) is 16.0 Å². The molecule has 0 unspecified atom stereocenters. The third-order valence-corrected chi connectivity index (χ3v) is 3.45. The molecule has 0 aliphatic carbocycles. The molecule has 0 fully saturated rings. The maximum Gasteiger partial charge on any atom is 0.263 e. The Labute approximate surface area is 141 Å². The fourth-order valence-electron chi connectivity index (χ4n) is 1.85. The van der Waals surface area contributed by atoms with E-state index in [9.17, 15) is 19.8 Å². The molecule has 2 amide bonds. The molecular formula is C15H12Cl2N2O4. The zero-order valence-corrected chi connectivity index (χ0v) is 13.4. The van der Waals surface area contributed by atoms with Crippen LogP contribution >= 0.6 is 23.2 Å². The van der Waals surface area contributed by atoms with Crippen molar-refractivity contribution in [1.82, 2.24) is 0 Å². The standard InChI is InChI=1S/C15H12Cl2N2O4/c1-7(20)18-8-2-4-9(5-3-8)19-15(23)12-13(21)10(16)6-11(17)14(12)22/h2-6,21-22H,1H3,(H,18,20)(H,19,23). The molecule has 0 heterocycles. The number of carbonyl (C=O) groups excluding carboxylic acids is 2. The third kappa shape index (κ3) is 3.85. The highest BCUT2D eigenvalue weighted by atomic mass is 35.5. The molecule has 0 spiro atoms. The summed E-state index contributed by atoms with van der Waals surface area (Å²) >= 11 is 11.5. The molecular weight excluding hydrogens is 343 g/mol. The van der Waals surface area contributed by atoms with Crippen molar-refractivity contribution in [3.63, 3.8) is 0 Å². The monoisotopic (exact) mass is 354 g/mol. The minimum atomic E-state index is -0.781. The van der Waals surface area contributed by atoms with Gasteiger partial charge in [-0.3, -0.25) is 9.59 Å². The van der Waals surface area contributed by atoms with Gasteiger partial charge in [0.2, 0.25) is 5.91 Å². The number of phenolic OH excluding ortho intramolecular Hbond substituents is 2. The molecule has 4 N–H and O–H groups in total. The minimum Gasteiger partial charge on any atom is -0.505 e. The van der Waals surface area contributed by atoms with Crippen LogP contribution in [0.5, 0.6) is 11.5 Å². The first-order valence-electron chi connectivity index (χ1n) is 6.38. The maximum atomic E-state index is 12.2. The summed E-state index contributed by atoms with van der Waals surface area (Å²) < 4.78 is 0. The van der Waals surface area contributed by atoms with E-state index >= 15 is 0 Å². The molecule has 0 aliphatic rings. The normalized spacial score (nSPS) is 10.2. The topological polar surface area (TPSA) is 98.7 Å². The van der Waals surface area contributed by atoms with Crippen LogP contribution in [-0.4, -0.2) is 22.0 Å². The lowest BCUT2D eigenvalue weighted by atomic mass is 10.1. The number of nitrogens with one attached hydrogen (secondary N) is 2. The number of amides is 2. The fraction of sp³-hybridized carbons (Fsp3) is 0.0667. The van der Waals surface area contributed by atoms with Gasteiger partial charge >= 0.3 is 0 Å². The Bertz CT molecular complexity index is 750. The summed E-state index contributed by atoms with van der Waals surface area (Å²) in [5.41, 5.74) is 0.527. The number of hydrogen-bond donors (Lipinski definition) is 4. The quantitative estimate of drug-likeness (QED) is 0.676. The summed E-state index contributed by atoms with van der Waals surface area (Å²) in [6.45, 7) is 1.38. The lowest BCUT2D eigenvalue weighted by Gasteiger charge is -2.11. The molecule has 8 heteroatoms. The first kappa shape index (κ1) is 16.9. The molecule has 0 radical (unpaired) electrons. The van der Waals surface area contributed by atoms with Gasteiger partial charge in [-0.15, -0.1) is 0 Å². The number of carbonyl (C=O) groups is 2. The van der Waals surface area contributed by atoms with E-state index in [1.165, 1.54) is 6.92 Å². The van der Waals surface area contributed by atoms with Gasteiger partial charge < -0.3 is 20.8 Å². The fourth-order valence-corrected chi connectivity index (χ4v) is 2.31. The lowest BCUT2D eigenvalue weighted by Crippen LogP contribution is -2.13. The zero-order chi connectivity index (χ0) is 17.1. The molecule has 0 aromatic heterocycles. The van der Waals surface area contributed by atoms with Crippen molar-refractivity contribution in [2.24, 2.45) is 0 Å². The first-order chi connectivity index (χ1) is 10.8. The lowest BCUT2D eigenvalue weighted by molar-refractivity contribution is -0.114. The first-order valence-corrected chi connectivity index (χ1v) is 7.14. The Balaban J connectivity index is 2.24. The highest BCUT2D eigenvalue weighted by Gasteiger charge is 2.22. The molecule has 23 heavy (non-hydrogen) atoms. The number of halogens is 2. The van der Waals surface area contributed by atoms with E-state index in [4.69, 9.17) is 23.2 Å². The number of anilines is 2. The van der Waals surface area contributed by atoms with Crippen LogP contribution in [0.1, 0.15) is 17.3 Å². The van der Waals surface area contributed by atoms with Crippen molar-refractivity contribution in [1.29, 1.82) is 0 Å². The van der Waals surface area contributed by atoms with Crippen LogP contribution in [0.4, 0.5) is 11.4 Å². The van der Waals surface area contributed by atoms with Gasteiger partial charge in [0.05, 0.1) is 10.0 Å². The average Bonchev–Trinajstić information content (AvgIpc) is 2.47. The SMILES string of the molecule is CC(=O)Nc1ccc(NC(=O)c2c(O)c(Cl)cc(Cl)c2O)cc1. The second-order valence-electron chi connectivity index (χ2n) is 4.63. The Morgan fingerprint density at radius 2 is 1.35 bits per heavy atom. The van der Waals surface area contributed by atoms with Gasteiger partial charge in [-0.2, -0.15) is 0 Å². The summed E-state index contributed by atoms with van der Waals surface area (Å²) in [6, 6.07) is 7.39. The van der Waals surface area contributed by atoms with Crippen molar-refractivity contribution in [3.8, 4) is 11.5 Å². The predicted octanol–water partition coefficient (Wildman–Crippen LogP) is 3.62. The van der Waals surface area contributed by atoms with Crippen molar-refractivity contribution in [3.05, 3.63) is 45.9 Å². The van der Waals surface area contributed by atoms with Crippen molar-refractivity contribution < 1.29 is 19.8 Å². The number of aromatic hydroxyl groups is 2. The van der Waals surface area contributed by atoms with Crippen molar-refractivity contribution in [2.75, 3.05) is 10.6 Å². The van der Waals surface area contributed by atoms with E-state index in [1.807, 2.05) is 0 Å². The molecule has 2 aromatic rings. The van der Waals surface area contributed by atoms with E-state index in [1.54, 1.807) is 24.3 Å². The largest absolute Gasteiger partial charge is 0.505 e. The number of hydrogen-bond acceptors (Lipinski definition) is 4. The molecule has 0 atom stereocenters. The van der Waals surface area contributed by atoms with Crippen LogP contribution in [0, 0.1) is 0 Å². The van der Waals surface area contributed by atoms with Crippen LogP contribution in [0.15, 0.2) is 30.3 Å². The minimum absolute atomic E-state index is 0.154. The van der Waals surface area contributed by atoms with E-state index in [2.05, 4.69) is 10.6 Å². The van der Waals surface area contributed by atoms with Crippen molar-refractivity contribution >= 4 is 46.4 Å². The van der Waals surface area contributed by atoms with Gasteiger partial charge in [0, 0.05) is 18.3 Å². The van der Waals surface area contributed by atoms with Crippen LogP contribution in [-0.2, 0) is 4.79 Å². The van der Waals surface area contributed by atoms with E-state index < -0.39 is 23.0 Å². The Morgan fingerprint density at radius 3 is 1.78 bits per heavy atom. The number of phenols is 2. The Hall–Kier alpha value is -2.44. The third-order valence-electron chi connectivity index (χ3n) is 2.87. The molecule has 120 valence electrons. The summed E-state index contributed by atoms with van der Waals surface area (Å²) in [5.74, 6) is -2.14. The van der Waals surface area contributed by atoms with Gasteiger partial charge in [-0.25, -0.2) is 0 Å². The van der Waals surface area contributed by atoms with Crippen molar-refractivity contribution in [2.45, 2.75) is 6.92 Å². The summed E-state index contributed by atoms with van der Waals surface area (Å²) in [5, 5.41) is 24.4. The van der Waals surface area contributed by atoms with Gasteiger partial charge in [0.25, 0.3) is 5.91 Å². The number of rotatable bonds is 3. The summed E-state index contributed by atoms with van der Waals surface area (Å²) in [7, 11) is 0. The zero-order valence-electron chi connectivity index (χ0n) is 11.9. The predicted molar refractivity (Wildman–Crippen MR) is 88.5 cm³/mol. The molecule has 6 nitrogen and oxygen atoms in total. The van der Waals surface area contributed by atoms with Gasteiger partial charge in [-0.05, 0) is 30.3 Å². The average molecular weight is 355 g/mol. The van der Waals surface area contributed by atoms with E-state index in [0.29, 0.717) is 11.4 Å². The molecule has 2 rings (SSSR count). The van der Waals surface area contributed by atoms with Gasteiger partial charge in [0.1, 0.15) is 5.56 Å². The highest BCUT2D eigenvalue weighted by molar-refractivity contribution is 6.37. The Morgan fingerprint density at radius 1 is 0.913 bits per heavy atom. The van der Waals surface area contributed by atoms with Crippen LogP contribution < -0.4 is 10.6 Å². The van der Waals surface area contributed by atoms with Crippen LogP contribution in [0.3, 0.4) is 0 Å². The molecule has 0 aliphatic heterocycles. The summed E-state index contributed by atoms with van der Waals surface area (Å²) in [4.78, 5) is 23.1. The second-order valence-corrected chi connectivity index (χ2v) is 5.44. The highest BCUT2D eigenvalue weighted by Crippen LogP contribution is 2.39. The van der Waals surface area contributed by atoms with E-state index in [0.717, 1.165) is 6.07 Å². The smallest absolute Gasteiger partial charge is 0.263 e. The molecule has 0 saturated heterocycles. The summed E-state index contributed by atoms with van der Waals surface area (Å²) in [6.07, 6.45) is 0. The Kier molecular flexibility index (Phi) is 4.98. The molecule has 2 aromatic carbocycles.